The van der Waals surface area contributed by atoms with Crippen molar-refractivity contribution in [2.75, 3.05) is 19.6 Å². The highest BCUT2D eigenvalue weighted by Gasteiger charge is 2.29. The zero-order valence-corrected chi connectivity index (χ0v) is 17.4. The molecular weight excluding hydrogens is 354 g/mol. The molecule has 2 amide bonds. The van der Waals surface area contributed by atoms with Gasteiger partial charge in [0.05, 0.1) is 0 Å². The molecule has 1 saturated heterocycles. The van der Waals surface area contributed by atoms with Crippen molar-refractivity contribution in [3.05, 3.63) is 22.4 Å². The number of hydrogen-bond acceptors (Lipinski definition) is 3. The number of amides is 2. The molecule has 4 rings (SSSR count). The van der Waals surface area contributed by atoms with Gasteiger partial charge in [0.2, 0.25) is 0 Å². The van der Waals surface area contributed by atoms with Crippen molar-refractivity contribution >= 4 is 17.4 Å². The number of likely N-dealkylation sites (tertiary alicyclic amines) is 1. The number of urea groups is 1. The molecule has 0 atom stereocenters. The number of carbonyl (C=O) groups is 1. The maximum atomic E-state index is 12.5. The summed E-state index contributed by atoms with van der Waals surface area (Å²) in [5.74, 6) is 0.736. The standard InChI is InChI=1S/C22H35N3OS/c26-22(23-20-5-1-2-6-20)24-12-9-18(10-13-24)15-25(21-7-3-4-8-21)16-19-11-14-27-17-19/h11,14,17-18,20-21H,1-10,12-13,15-16H2,(H,23,26). The van der Waals surface area contributed by atoms with Crippen LogP contribution in [0, 0.1) is 5.92 Å². The van der Waals surface area contributed by atoms with Gasteiger partial charge in [-0.25, -0.2) is 4.79 Å². The summed E-state index contributed by atoms with van der Waals surface area (Å²) in [4.78, 5) is 17.3. The van der Waals surface area contributed by atoms with Crippen LogP contribution in [-0.4, -0.2) is 47.5 Å². The van der Waals surface area contributed by atoms with Crippen LogP contribution in [0.3, 0.4) is 0 Å². The summed E-state index contributed by atoms with van der Waals surface area (Å²) in [6.07, 6.45) is 12.7. The van der Waals surface area contributed by atoms with Crippen LogP contribution in [0.1, 0.15) is 69.8 Å². The van der Waals surface area contributed by atoms with Crippen LogP contribution >= 0.6 is 11.3 Å². The van der Waals surface area contributed by atoms with Crippen LogP contribution in [0.2, 0.25) is 0 Å². The molecule has 27 heavy (non-hydrogen) atoms. The summed E-state index contributed by atoms with van der Waals surface area (Å²) >= 11 is 1.81. The highest BCUT2D eigenvalue weighted by atomic mass is 32.1. The minimum absolute atomic E-state index is 0.186. The van der Waals surface area contributed by atoms with Crippen LogP contribution in [0.25, 0.3) is 0 Å². The number of nitrogens with one attached hydrogen (secondary N) is 1. The summed E-state index contributed by atoms with van der Waals surface area (Å²) in [6.45, 7) is 4.18. The van der Waals surface area contributed by atoms with E-state index in [0.717, 1.165) is 44.4 Å². The van der Waals surface area contributed by atoms with Gasteiger partial charge in [0.1, 0.15) is 0 Å². The van der Waals surface area contributed by atoms with E-state index in [0.29, 0.717) is 6.04 Å². The van der Waals surface area contributed by atoms with Gasteiger partial charge in [0.25, 0.3) is 0 Å². The Hall–Kier alpha value is -1.07. The van der Waals surface area contributed by atoms with Gasteiger partial charge in [-0.2, -0.15) is 11.3 Å². The lowest BCUT2D eigenvalue weighted by atomic mass is 9.95. The fraction of sp³-hybridized carbons (Fsp3) is 0.773. The fourth-order valence-electron chi connectivity index (χ4n) is 5.22. The lowest BCUT2D eigenvalue weighted by Gasteiger charge is -2.37. The predicted octanol–water partition coefficient (Wildman–Crippen LogP) is 4.86. The maximum absolute atomic E-state index is 12.5. The Bertz CT molecular complexity index is 570. The first-order valence-corrected chi connectivity index (χ1v) is 12.0. The third-order valence-corrected chi connectivity index (χ3v) is 7.62. The summed E-state index contributed by atoms with van der Waals surface area (Å²) in [6, 6.07) is 3.67. The van der Waals surface area contributed by atoms with E-state index in [4.69, 9.17) is 0 Å². The number of hydrogen-bond donors (Lipinski definition) is 1. The molecule has 1 aromatic heterocycles. The van der Waals surface area contributed by atoms with Crippen molar-refractivity contribution in [3.8, 4) is 0 Å². The Morgan fingerprint density at radius 2 is 1.78 bits per heavy atom. The van der Waals surface area contributed by atoms with Crippen LogP contribution in [-0.2, 0) is 6.54 Å². The lowest BCUT2D eigenvalue weighted by molar-refractivity contribution is 0.118. The van der Waals surface area contributed by atoms with E-state index in [-0.39, 0.29) is 6.03 Å². The molecule has 0 radical (unpaired) electrons. The molecular formula is C22H35N3OS. The highest BCUT2D eigenvalue weighted by molar-refractivity contribution is 7.07. The van der Waals surface area contributed by atoms with Gasteiger partial charge < -0.3 is 10.2 Å². The third kappa shape index (κ3) is 5.26. The zero-order chi connectivity index (χ0) is 18.5. The SMILES string of the molecule is O=C(NC1CCCC1)N1CCC(CN(Cc2ccsc2)C2CCCC2)CC1. The van der Waals surface area contributed by atoms with Crippen molar-refractivity contribution in [1.29, 1.82) is 0 Å². The molecule has 1 N–H and O–H groups in total. The molecule has 0 spiro atoms. The summed E-state index contributed by atoms with van der Waals surface area (Å²) in [5.41, 5.74) is 1.47. The normalized spacial score (nSPS) is 22.8. The smallest absolute Gasteiger partial charge is 0.317 e. The zero-order valence-electron chi connectivity index (χ0n) is 16.6. The molecule has 2 aliphatic carbocycles. The molecule has 3 fully saturated rings. The van der Waals surface area contributed by atoms with Crippen LogP contribution in [0.5, 0.6) is 0 Å². The van der Waals surface area contributed by atoms with Gasteiger partial charge in [-0.3, -0.25) is 4.90 Å². The average molecular weight is 390 g/mol. The minimum Gasteiger partial charge on any atom is -0.335 e. The fourth-order valence-corrected chi connectivity index (χ4v) is 5.88. The molecule has 0 bridgehead atoms. The second kappa shape index (κ2) is 9.42. The van der Waals surface area contributed by atoms with Gasteiger partial charge in [-0.1, -0.05) is 25.7 Å². The van der Waals surface area contributed by atoms with E-state index in [2.05, 4.69) is 31.9 Å². The summed E-state index contributed by atoms with van der Waals surface area (Å²) in [5, 5.41) is 7.76. The van der Waals surface area contributed by atoms with Crippen LogP contribution in [0.4, 0.5) is 4.79 Å². The van der Waals surface area contributed by atoms with Crippen molar-refractivity contribution in [1.82, 2.24) is 15.1 Å². The monoisotopic (exact) mass is 389 g/mol. The molecule has 0 unspecified atom stereocenters. The highest BCUT2D eigenvalue weighted by Crippen LogP contribution is 2.28. The van der Waals surface area contributed by atoms with Crippen molar-refractivity contribution < 1.29 is 4.79 Å². The maximum Gasteiger partial charge on any atom is 0.317 e. The summed E-state index contributed by atoms with van der Waals surface area (Å²) < 4.78 is 0. The number of carbonyl (C=O) groups excluding carboxylic acids is 1. The van der Waals surface area contributed by atoms with E-state index in [1.165, 1.54) is 63.5 Å². The molecule has 5 heteroatoms. The predicted molar refractivity (Wildman–Crippen MR) is 112 cm³/mol. The molecule has 4 nitrogen and oxygen atoms in total. The number of piperidine rings is 1. The number of nitrogens with zero attached hydrogens (tertiary/aromatic N) is 2. The lowest BCUT2D eigenvalue weighted by Crippen LogP contribution is -2.48. The Balaban J connectivity index is 1.26. The molecule has 1 aliphatic heterocycles. The number of rotatable bonds is 6. The topological polar surface area (TPSA) is 35.6 Å². The van der Waals surface area contributed by atoms with Crippen LogP contribution < -0.4 is 5.32 Å². The Labute approximate surface area is 168 Å². The second-order valence-electron chi connectivity index (χ2n) is 8.86. The largest absolute Gasteiger partial charge is 0.335 e. The van der Waals surface area contributed by atoms with Crippen molar-refractivity contribution in [2.45, 2.75) is 82.8 Å². The van der Waals surface area contributed by atoms with Gasteiger partial charge in [-0.15, -0.1) is 0 Å². The van der Waals surface area contributed by atoms with Crippen molar-refractivity contribution in [3.63, 3.8) is 0 Å². The van der Waals surface area contributed by atoms with E-state index in [9.17, 15) is 4.79 Å². The van der Waals surface area contributed by atoms with Gasteiger partial charge in [-0.05, 0) is 66.8 Å². The molecule has 2 saturated carbocycles. The van der Waals surface area contributed by atoms with Gasteiger partial charge in [0.15, 0.2) is 0 Å². The summed E-state index contributed by atoms with van der Waals surface area (Å²) in [7, 11) is 0. The third-order valence-electron chi connectivity index (χ3n) is 6.88. The minimum atomic E-state index is 0.186. The van der Waals surface area contributed by atoms with E-state index >= 15 is 0 Å². The second-order valence-corrected chi connectivity index (χ2v) is 9.64. The average Bonchev–Trinajstić information content (AvgIpc) is 3.45. The van der Waals surface area contributed by atoms with Gasteiger partial charge in [0, 0.05) is 38.3 Å². The first-order chi connectivity index (χ1) is 13.3. The number of thiophene rings is 1. The Kier molecular flexibility index (Phi) is 6.72. The molecule has 2 heterocycles. The quantitative estimate of drug-likeness (QED) is 0.754. The molecule has 150 valence electrons. The Morgan fingerprint density at radius 1 is 1.07 bits per heavy atom. The first kappa shape index (κ1) is 19.3. The van der Waals surface area contributed by atoms with E-state index in [1.54, 1.807) is 0 Å². The molecule has 0 aromatic carbocycles. The molecule has 1 aromatic rings. The van der Waals surface area contributed by atoms with E-state index < -0.39 is 0 Å². The van der Waals surface area contributed by atoms with Crippen LogP contribution in [0.15, 0.2) is 16.8 Å². The Morgan fingerprint density at radius 3 is 2.44 bits per heavy atom. The molecule has 3 aliphatic rings. The van der Waals surface area contributed by atoms with Crippen molar-refractivity contribution in [2.24, 2.45) is 5.92 Å². The van der Waals surface area contributed by atoms with Gasteiger partial charge >= 0.3 is 6.03 Å². The first-order valence-electron chi connectivity index (χ1n) is 11.1. The van der Waals surface area contributed by atoms with E-state index in [1.807, 2.05) is 11.3 Å².